The summed E-state index contributed by atoms with van der Waals surface area (Å²) in [6, 6.07) is 11.6. The second-order valence-electron chi connectivity index (χ2n) is 5.50. The molecule has 2 nitrogen and oxygen atoms in total. The molecule has 28 heavy (non-hydrogen) atoms. The van der Waals surface area contributed by atoms with E-state index in [4.69, 9.17) is 10.5 Å². The van der Waals surface area contributed by atoms with E-state index in [1.165, 1.54) is 41.2 Å². The number of hydrogen-bond donors (Lipinski definition) is 0. The second-order valence-corrected chi connectivity index (χ2v) is 15.6. The van der Waals surface area contributed by atoms with Crippen LogP contribution in [0.15, 0.2) is 49.7 Å². The highest BCUT2D eigenvalue weighted by Gasteiger charge is 2.35. The maximum Gasteiger partial charge on any atom is 0.136 e. The Kier molecular flexibility index (Phi) is 6.11. The third-order valence-electron chi connectivity index (χ3n) is 3.79. The quantitative estimate of drug-likeness (QED) is 0.402. The lowest BCUT2D eigenvalue weighted by Crippen LogP contribution is -2.10. The Morgan fingerprint density at radius 2 is 1.04 bits per heavy atom. The molecule has 10 heteroatoms. The van der Waals surface area contributed by atoms with Crippen LogP contribution in [0.5, 0.6) is 0 Å². The van der Waals surface area contributed by atoms with Gasteiger partial charge in [0.15, 0.2) is 0 Å². The Hall–Kier alpha value is -0.0400. The zero-order valence-electron chi connectivity index (χ0n) is 13.9. The molecule has 4 aliphatic rings. The summed E-state index contributed by atoms with van der Waals surface area (Å²) in [7, 11) is 0. The van der Waals surface area contributed by atoms with Gasteiger partial charge in [-0.1, -0.05) is 94.8 Å². The third kappa shape index (κ3) is 3.83. The monoisotopic (exact) mass is 508 g/mol. The summed E-state index contributed by atoms with van der Waals surface area (Å²) in [6.45, 7) is 0. The molecule has 0 unspecified atom stereocenters. The number of nitriles is 2. The summed E-state index contributed by atoms with van der Waals surface area (Å²) >= 11 is 15.4. The molecule has 0 spiro atoms. The minimum Gasteiger partial charge on any atom is -0.192 e. The van der Waals surface area contributed by atoms with Crippen molar-refractivity contribution in [1.29, 1.82) is 10.5 Å². The third-order valence-corrected chi connectivity index (χ3v) is 15.8. The molecule has 0 atom stereocenters. The van der Waals surface area contributed by atoms with Crippen molar-refractivity contribution in [3.8, 4) is 12.1 Å². The summed E-state index contributed by atoms with van der Waals surface area (Å²) in [4.78, 5) is 0. The van der Waals surface area contributed by atoms with Crippen molar-refractivity contribution < 1.29 is 0 Å². The van der Waals surface area contributed by atoms with Crippen LogP contribution in [0.25, 0.3) is 9.81 Å². The van der Waals surface area contributed by atoms with Gasteiger partial charge in [0.05, 0.1) is 29.7 Å². The van der Waals surface area contributed by atoms with Crippen molar-refractivity contribution in [2.75, 3.05) is 11.5 Å². The van der Waals surface area contributed by atoms with E-state index >= 15 is 0 Å². The lowest BCUT2D eigenvalue weighted by molar-refractivity contribution is 1.48. The highest BCUT2D eigenvalue weighted by Crippen LogP contribution is 2.71. The van der Waals surface area contributed by atoms with Gasteiger partial charge >= 0.3 is 0 Å². The molecule has 4 heterocycles. The van der Waals surface area contributed by atoms with E-state index in [0.717, 1.165) is 5.22 Å². The van der Waals surface area contributed by atoms with Crippen LogP contribution in [0, 0.1) is 22.7 Å². The molecular formula is C18H8N2S8. The summed E-state index contributed by atoms with van der Waals surface area (Å²) in [6.07, 6.45) is 0. The van der Waals surface area contributed by atoms with Crippen LogP contribution in [0.2, 0.25) is 0 Å². The molecule has 0 bridgehead atoms. The van der Waals surface area contributed by atoms with Crippen molar-refractivity contribution in [2.45, 2.75) is 0 Å². The van der Waals surface area contributed by atoms with E-state index in [0.29, 0.717) is 5.22 Å². The maximum atomic E-state index is 9.00. The van der Waals surface area contributed by atoms with E-state index in [2.05, 4.69) is 0 Å². The summed E-state index contributed by atoms with van der Waals surface area (Å²) in [5.41, 5.74) is 0.158. The van der Waals surface area contributed by atoms with Gasteiger partial charge in [0.2, 0.25) is 0 Å². The van der Waals surface area contributed by atoms with Crippen LogP contribution in [-0.4, -0.2) is 11.5 Å². The van der Waals surface area contributed by atoms with Crippen molar-refractivity contribution in [3.05, 3.63) is 60.1 Å². The Balaban J connectivity index is 1.34. The molecule has 1 aromatic rings. The first kappa shape index (κ1) is 19.9. The van der Waals surface area contributed by atoms with Crippen LogP contribution in [-0.2, 0) is 0 Å². The Morgan fingerprint density at radius 1 is 0.607 bits per heavy atom. The highest BCUT2D eigenvalue weighted by atomic mass is 32.3. The van der Waals surface area contributed by atoms with Crippen molar-refractivity contribution in [2.24, 2.45) is 0 Å². The van der Waals surface area contributed by atoms with Gasteiger partial charge in [-0.05, 0) is 5.22 Å². The van der Waals surface area contributed by atoms with E-state index in [9.17, 15) is 0 Å². The average Bonchev–Trinajstić information content (AvgIpc) is 3.42. The molecule has 0 N–H and O–H groups in total. The number of benzene rings is 1. The van der Waals surface area contributed by atoms with Gasteiger partial charge in [0.1, 0.15) is 17.7 Å². The molecule has 4 aliphatic heterocycles. The number of rotatable bonds is 0. The SMILES string of the molecule is N#CC(C#N)=c1ccc(=C2SC3=C(SC(=C4SC5=C(SCCS5)S4)S3)S2)cc1. The minimum absolute atomic E-state index is 0.158. The molecule has 1 aromatic carbocycles. The van der Waals surface area contributed by atoms with E-state index in [1.54, 1.807) is 0 Å². The Morgan fingerprint density at radius 3 is 1.50 bits per heavy atom. The molecule has 0 saturated heterocycles. The molecule has 0 radical (unpaired) electrons. The number of thioether (sulfide) groups is 8. The lowest BCUT2D eigenvalue weighted by atomic mass is 10.2. The fourth-order valence-corrected chi connectivity index (χ4v) is 15.1. The first-order valence-electron chi connectivity index (χ1n) is 7.95. The number of nitrogens with zero attached hydrogens (tertiary/aromatic N) is 2. The normalized spacial score (nSPS) is 21.0. The van der Waals surface area contributed by atoms with Gasteiger partial charge in [0, 0.05) is 16.7 Å². The first-order valence-corrected chi connectivity index (χ1v) is 14.8. The Labute approximate surface area is 196 Å². The number of hydrogen-bond acceptors (Lipinski definition) is 10. The first-order chi connectivity index (χ1) is 13.7. The molecular weight excluding hydrogens is 501 g/mol. The standard InChI is InChI=1S/C18H8N2S8/c19-7-11(8-20)9-1-3-10(4-2-9)12-23-15-16(24-12)28-18(27-15)17-25-13-14(26-17)22-6-5-21-13/h1-4H,5-6H2. The molecule has 0 aromatic heterocycles. The fraction of sp³-hybridized carbons (Fsp3) is 0.111. The predicted octanol–water partition coefficient (Wildman–Crippen LogP) is 6.25. The van der Waals surface area contributed by atoms with Gasteiger partial charge in [-0.25, -0.2) is 0 Å². The van der Waals surface area contributed by atoms with Crippen LogP contribution < -0.4 is 10.4 Å². The molecule has 0 saturated carbocycles. The molecule has 0 fully saturated rings. The van der Waals surface area contributed by atoms with E-state index < -0.39 is 0 Å². The summed E-state index contributed by atoms with van der Waals surface area (Å²) in [5, 5.41) is 19.8. The van der Waals surface area contributed by atoms with Crippen LogP contribution in [0.4, 0.5) is 0 Å². The van der Waals surface area contributed by atoms with Gasteiger partial charge in [-0.2, -0.15) is 10.5 Å². The maximum absolute atomic E-state index is 9.00. The smallest absolute Gasteiger partial charge is 0.136 e. The topological polar surface area (TPSA) is 47.6 Å². The zero-order valence-corrected chi connectivity index (χ0v) is 20.4. The fourth-order valence-electron chi connectivity index (χ4n) is 2.52. The predicted molar refractivity (Wildman–Crippen MR) is 135 cm³/mol. The van der Waals surface area contributed by atoms with E-state index in [-0.39, 0.29) is 5.57 Å². The zero-order chi connectivity index (χ0) is 19.1. The largest absolute Gasteiger partial charge is 0.192 e. The van der Waals surface area contributed by atoms with Gasteiger partial charge in [-0.15, -0.1) is 23.5 Å². The van der Waals surface area contributed by atoms with Gasteiger partial charge in [0.25, 0.3) is 0 Å². The molecule has 0 amide bonds. The van der Waals surface area contributed by atoms with E-state index in [1.807, 2.05) is 130 Å². The summed E-state index contributed by atoms with van der Waals surface area (Å²) < 4.78 is 9.89. The van der Waals surface area contributed by atoms with Gasteiger partial charge < -0.3 is 0 Å². The molecule has 0 aliphatic carbocycles. The molecule has 5 rings (SSSR count). The van der Waals surface area contributed by atoms with Crippen molar-refractivity contribution in [3.63, 3.8) is 0 Å². The minimum atomic E-state index is 0.158. The highest BCUT2D eigenvalue weighted by molar-refractivity contribution is 8.52. The second kappa shape index (κ2) is 8.60. The summed E-state index contributed by atoms with van der Waals surface area (Å²) in [5.74, 6) is 2.44. The van der Waals surface area contributed by atoms with Crippen molar-refractivity contribution in [1.82, 2.24) is 0 Å². The van der Waals surface area contributed by atoms with Gasteiger partial charge in [-0.3, -0.25) is 0 Å². The lowest BCUT2D eigenvalue weighted by Gasteiger charge is -2.08. The molecule has 138 valence electrons. The Bertz CT molecular complexity index is 1110. The van der Waals surface area contributed by atoms with Crippen LogP contribution >= 0.6 is 94.1 Å². The average molecular weight is 509 g/mol. The van der Waals surface area contributed by atoms with Crippen LogP contribution in [0.3, 0.4) is 0 Å². The van der Waals surface area contributed by atoms with Crippen LogP contribution in [0.1, 0.15) is 0 Å². The van der Waals surface area contributed by atoms with Crippen molar-refractivity contribution >= 4 is 104 Å².